The smallest absolute Gasteiger partial charge is 0.239 e. The quantitative estimate of drug-likeness (QED) is 0.873. The average Bonchev–Trinajstić information content (AvgIpc) is 3.08. The SMILES string of the molecule is Cc1cccc(SC2CCN(C(=O)[C@@H](N)Cc3cnc[nH]3)CC2)c1. The molecule has 1 aliphatic rings. The van der Waals surface area contributed by atoms with E-state index in [1.54, 1.807) is 12.5 Å². The summed E-state index contributed by atoms with van der Waals surface area (Å²) in [5.74, 6) is 0.0450. The molecule has 1 atom stereocenters. The lowest BCUT2D eigenvalue weighted by Crippen LogP contribution is -2.48. The molecule has 1 fully saturated rings. The molecule has 0 unspecified atom stereocenters. The van der Waals surface area contributed by atoms with Crippen molar-refractivity contribution >= 4 is 17.7 Å². The van der Waals surface area contributed by atoms with Gasteiger partial charge in [0, 0.05) is 41.5 Å². The number of thioether (sulfide) groups is 1. The molecule has 3 rings (SSSR count). The first-order valence-electron chi connectivity index (χ1n) is 8.37. The van der Waals surface area contributed by atoms with Crippen molar-refractivity contribution < 1.29 is 4.79 Å². The predicted molar refractivity (Wildman–Crippen MR) is 96.9 cm³/mol. The van der Waals surface area contributed by atoms with E-state index in [9.17, 15) is 4.79 Å². The number of amides is 1. The van der Waals surface area contributed by atoms with E-state index in [0.29, 0.717) is 11.7 Å². The van der Waals surface area contributed by atoms with Crippen LogP contribution < -0.4 is 5.73 Å². The monoisotopic (exact) mass is 344 g/mol. The maximum atomic E-state index is 12.5. The molecule has 2 aromatic rings. The fraction of sp³-hybridized carbons (Fsp3) is 0.444. The Balaban J connectivity index is 1.48. The van der Waals surface area contributed by atoms with Crippen molar-refractivity contribution in [3.8, 4) is 0 Å². The number of hydrogen-bond donors (Lipinski definition) is 2. The Labute approximate surface area is 147 Å². The maximum absolute atomic E-state index is 12.5. The molecule has 1 aliphatic heterocycles. The molecule has 0 aliphatic carbocycles. The Kier molecular flexibility index (Phi) is 5.58. The number of rotatable bonds is 5. The molecule has 3 N–H and O–H groups in total. The molecule has 128 valence electrons. The third-order valence-electron chi connectivity index (χ3n) is 4.36. The van der Waals surface area contributed by atoms with Crippen LogP contribution in [0.4, 0.5) is 0 Å². The molecule has 0 spiro atoms. The topological polar surface area (TPSA) is 75.0 Å². The van der Waals surface area contributed by atoms with Crippen LogP contribution in [-0.2, 0) is 11.2 Å². The van der Waals surface area contributed by atoms with Crippen LogP contribution in [0.1, 0.15) is 24.1 Å². The highest BCUT2D eigenvalue weighted by molar-refractivity contribution is 8.00. The van der Waals surface area contributed by atoms with E-state index in [2.05, 4.69) is 41.2 Å². The van der Waals surface area contributed by atoms with Crippen molar-refractivity contribution in [3.05, 3.63) is 48.0 Å². The number of benzene rings is 1. The van der Waals surface area contributed by atoms with Crippen molar-refractivity contribution in [2.24, 2.45) is 5.73 Å². The lowest BCUT2D eigenvalue weighted by Gasteiger charge is -2.33. The molecule has 2 heterocycles. The van der Waals surface area contributed by atoms with Gasteiger partial charge in [-0.05, 0) is 31.9 Å². The molecular weight excluding hydrogens is 320 g/mol. The minimum absolute atomic E-state index is 0.0450. The number of nitrogens with one attached hydrogen (secondary N) is 1. The highest BCUT2D eigenvalue weighted by atomic mass is 32.2. The van der Waals surface area contributed by atoms with E-state index in [0.717, 1.165) is 31.6 Å². The van der Waals surface area contributed by atoms with Crippen molar-refractivity contribution in [1.82, 2.24) is 14.9 Å². The first kappa shape index (κ1) is 17.0. The summed E-state index contributed by atoms with van der Waals surface area (Å²) >= 11 is 1.92. The second-order valence-electron chi connectivity index (χ2n) is 6.35. The number of aromatic nitrogens is 2. The average molecular weight is 344 g/mol. The second kappa shape index (κ2) is 7.85. The van der Waals surface area contributed by atoms with Gasteiger partial charge in [0.15, 0.2) is 0 Å². The number of nitrogens with two attached hydrogens (primary N) is 1. The highest BCUT2D eigenvalue weighted by Gasteiger charge is 2.27. The van der Waals surface area contributed by atoms with Crippen LogP contribution in [0.25, 0.3) is 0 Å². The third-order valence-corrected chi connectivity index (χ3v) is 5.69. The van der Waals surface area contributed by atoms with Gasteiger partial charge in [-0.15, -0.1) is 11.8 Å². The van der Waals surface area contributed by atoms with E-state index >= 15 is 0 Å². The molecule has 5 nitrogen and oxygen atoms in total. The zero-order valence-corrected chi connectivity index (χ0v) is 14.8. The van der Waals surface area contributed by atoms with Crippen molar-refractivity contribution in [1.29, 1.82) is 0 Å². The minimum Gasteiger partial charge on any atom is -0.348 e. The first-order chi connectivity index (χ1) is 11.6. The van der Waals surface area contributed by atoms with Crippen LogP contribution in [0.5, 0.6) is 0 Å². The Bertz CT molecular complexity index is 665. The van der Waals surface area contributed by atoms with E-state index in [1.807, 2.05) is 16.7 Å². The zero-order valence-electron chi connectivity index (χ0n) is 13.9. The molecule has 1 saturated heterocycles. The maximum Gasteiger partial charge on any atom is 0.239 e. The van der Waals surface area contributed by atoms with Gasteiger partial charge in [0.1, 0.15) is 0 Å². The number of nitrogens with zero attached hydrogens (tertiary/aromatic N) is 2. The zero-order chi connectivity index (χ0) is 16.9. The van der Waals surface area contributed by atoms with Gasteiger partial charge in [-0.2, -0.15) is 0 Å². The number of likely N-dealkylation sites (tertiary alicyclic amines) is 1. The summed E-state index contributed by atoms with van der Waals surface area (Å²) in [6, 6.07) is 8.11. The summed E-state index contributed by atoms with van der Waals surface area (Å²) in [7, 11) is 0. The Morgan fingerprint density at radius 3 is 2.92 bits per heavy atom. The van der Waals surface area contributed by atoms with Crippen LogP contribution in [0.15, 0.2) is 41.7 Å². The number of H-pyrrole nitrogens is 1. The van der Waals surface area contributed by atoms with Gasteiger partial charge < -0.3 is 15.6 Å². The number of aromatic amines is 1. The standard InChI is InChI=1S/C18H24N4OS/c1-13-3-2-4-16(9-13)24-15-5-7-22(8-6-15)18(23)17(19)10-14-11-20-12-21-14/h2-4,9,11-12,15,17H,5-8,10,19H2,1H3,(H,20,21)/t17-/m0/s1. The third kappa shape index (κ3) is 4.39. The number of carbonyl (C=O) groups is 1. The number of carbonyl (C=O) groups excluding carboxylic acids is 1. The molecule has 0 bridgehead atoms. The summed E-state index contributed by atoms with van der Waals surface area (Å²) in [5, 5.41) is 0.569. The van der Waals surface area contributed by atoms with Gasteiger partial charge in [-0.1, -0.05) is 17.7 Å². The Hall–Kier alpha value is -1.79. The van der Waals surface area contributed by atoms with Gasteiger partial charge in [0.25, 0.3) is 0 Å². The molecule has 1 aromatic carbocycles. The summed E-state index contributed by atoms with van der Waals surface area (Å²) in [6.07, 6.45) is 5.87. The molecule has 1 amide bonds. The molecule has 0 saturated carbocycles. The summed E-state index contributed by atoms with van der Waals surface area (Å²) in [4.78, 5) is 22.7. The lowest BCUT2D eigenvalue weighted by atomic mass is 10.1. The highest BCUT2D eigenvalue weighted by Crippen LogP contribution is 2.30. The van der Waals surface area contributed by atoms with Crippen molar-refractivity contribution in [3.63, 3.8) is 0 Å². The molecule has 6 heteroatoms. The van der Waals surface area contributed by atoms with Gasteiger partial charge in [-0.25, -0.2) is 4.98 Å². The van der Waals surface area contributed by atoms with E-state index in [1.165, 1.54) is 10.5 Å². The fourth-order valence-electron chi connectivity index (χ4n) is 3.03. The number of aryl methyl sites for hydroxylation is 1. The normalized spacial score (nSPS) is 17.0. The van der Waals surface area contributed by atoms with E-state index in [-0.39, 0.29) is 5.91 Å². The van der Waals surface area contributed by atoms with E-state index < -0.39 is 6.04 Å². The van der Waals surface area contributed by atoms with Crippen LogP contribution in [-0.4, -0.2) is 45.2 Å². The van der Waals surface area contributed by atoms with Crippen molar-refractivity contribution in [2.45, 2.75) is 42.4 Å². The van der Waals surface area contributed by atoms with Crippen LogP contribution in [0, 0.1) is 6.92 Å². The fourth-order valence-corrected chi connectivity index (χ4v) is 4.27. The van der Waals surface area contributed by atoms with Gasteiger partial charge in [0.2, 0.25) is 5.91 Å². The summed E-state index contributed by atoms with van der Waals surface area (Å²) in [5.41, 5.74) is 8.26. The van der Waals surface area contributed by atoms with E-state index in [4.69, 9.17) is 5.73 Å². The number of hydrogen-bond acceptors (Lipinski definition) is 4. The van der Waals surface area contributed by atoms with Crippen LogP contribution in [0.2, 0.25) is 0 Å². The van der Waals surface area contributed by atoms with Crippen LogP contribution >= 0.6 is 11.8 Å². The molecule has 1 aromatic heterocycles. The van der Waals surface area contributed by atoms with Crippen molar-refractivity contribution in [2.75, 3.05) is 13.1 Å². The van der Waals surface area contributed by atoms with Gasteiger partial charge in [0.05, 0.1) is 12.4 Å². The number of piperidine rings is 1. The van der Waals surface area contributed by atoms with Gasteiger partial charge >= 0.3 is 0 Å². The Morgan fingerprint density at radius 1 is 1.46 bits per heavy atom. The summed E-state index contributed by atoms with van der Waals surface area (Å²) < 4.78 is 0. The number of imidazole rings is 1. The second-order valence-corrected chi connectivity index (χ2v) is 7.72. The largest absolute Gasteiger partial charge is 0.348 e. The lowest BCUT2D eigenvalue weighted by molar-refractivity contribution is -0.133. The predicted octanol–water partition coefficient (Wildman–Crippen LogP) is 2.37. The van der Waals surface area contributed by atoms with Gasteiger partial charge in [-0.3, -0.25) is 4.79 Å². The van der Waals surface area contributed by atoms with Crippen LogP contribution in [0.3, 0.4) is 0 Å². The minimum atomic E-state index is -0.494. The molecule has 24 heavy (non-hydrogen) atoms. The summed E-state index contributed by atoms with van der Waals surface area (Å²) in [6.45, 7) is 3.70. The Morgan fingerprint density at radius 2 is 2.25 bits per heavy atom. The molecule has 0 radical (unpaired) electrons. The first-order valence-corrected chi connectivity index (χ1v) is 9.25. The molecular formula is C18H24N4OS.